The summed E-state index contributed by atoms with van der Waals surface area (Å²) in [5, 5.41) is 11.8. The second-order valence-corrected chi connectivity index (χ2v) is 6.56. The molecule has 2 heterocycles. The first-order valence-electron chi connectivity index (χ1n) is 8.69. The Kier molecular flexibility index (Phi) is 5.49. The molecule has 0 aliphatic carbocycles. The molecule has 0 saturated carbocycles. The van der Waals surface area contributed by atoms with Gasteiger partial charge >= 0.3 is 0 Å². The largest absolute Gasteiger partial charge is 0.372 e. The van der Waals surface area contributed by atoms with Crippen LogP contribution in [-0.4, -0.2) is 36.2 Å². The SMILES string of the molecule is CC1CN(c2ccc(CNC(=O)c3cccc(C#N)c3)cn2)CC(C)O1. The highest BCUT2D eigenvalue weighted by molar-refractivity contribution is 5.94. The van der Waals surface area contributed by atoms with Crippen molar-refractivity contribution in [2.45, 2.75) is 32.6 Å². The minimum atomic E-state index is -0.206. The molecule has 0 bridgehead atoms. The highest BCUT2D eigenvalue weighted by Gasteiger charge is 2.22. The lowest BCUT2D eigenvalue weighted by Gasteiger charge is -2.36. The number of nitrogens with zero attached hydrogens (tertiary/aromatic N) is 3. The molecule has 2 atom stereocenters. The van der Waals surface area contributed by atoms with Gasteiger partial charge in [-0.2, -0.15) is 5.26 Å². The molecule has 0 radical (unpaired) electrons. The average Bonchev–Trinajstić information content (AvgIpc) is 2.65. The van der Waals surface area contributed by atoms with E-state index in [1.54, 1.807) is 30.5 Å². The van der Waals surface area contributed by atoms with Crippen molar-refractivity contribution in [3.8, 4) is 6.07 Å². The number of aromatic nitrogens is 1. The van der Waals surface area contributed by atoms with Crippen LogP contribution in [0.25, 0.3) is 0 Å². The summed E-state index contributed by atoms with van der Waals surface area (Å²) in [6, 6.07) is 12.6. The monoisotopic (exact) mass is 350 g/mol. The Morgan fingerprint density at radius 2 is 2.08 bits per heavy atom. The summed E-state index contributed by atoms with van der Waals surface area (Å²) >= 11 is 0. The van der Waals surface area contributed by atoms with Gasteiger partial charge in [-0.1, -0.05) is 12.1 Å². The molecule has 134 valence electrons. The summed E-state index contributed by atoms with van der Waals surface area (Å²) in [5.74, 6) is 0.714. The lowest BCUT2D eigenvalue weighted by molar-refractivity contribution is -0.00546. The van der Waals surface area contributed by atoms with Gasteiger partial charge in [0.2, 0.25) is 0 Å². The summed E-state index contributed by atoms with van der Waals surface area (Å²) in [6.07, 6.45) is 2.15. The zero-order valence-electron chi connectivity index (χ0n) is 15.0. The zero-order chi connectivity index (χ0) is 18.5. The third-order valence-corrected chi connectivity index (χ3v) is 4.26. The van der Waals surface area contributed by atoms with Gasteiger partial charge in [-0.25, -0.2) is 4.98 Å². The van der Waals surface area contributed by atoms with Gasteiger partial charge in [0.05, 0.1) is 23.8 Å². The van der Waals surface area contributed by atoms with E-state index in [4.69, 9.17) is 10.00 Å². The molecule has 1 aromatic heterocycles. The Balaban J connectivity index is 1.59. The molecule has 3 rings (SSSR count). The maximum absolute atomic E-state index is 12.2. The molecule has 6 heteroatoms. The normalized spacial score (nSPS) is 19.7. The Morgan fingerprint density at radius 1 is 1.31 bits per heavy atom. The summed E-state index contributed by atoms with van der Waals surface area (Å²) in [4.78, 5) is 19.0. The van der Waals surface area contributed by atoms with Crippen LogP contribution in [0.1, 0.15) is 35.3 Å². The van der Waals surface area contributed by atoms with Crippen molar-refractivity contribution < 1.29 is 9.53 Å². The van der Waals surface area contributed by atoms with E-state index in [0.29, 0.717) is 17.7 Å². The Morgan fingerprint density at radius 3 is 2.73 bits per heavy atom. The minimum Gasteiger partial charge on any atom is -0.372 e. The molecule has 1 N–H and O–H groups in total. The molecule has 1 aliphatic heterocycles. The van der Waals surface area contributed by atoms with E-state index in [1.165, 1.54) is 0 Å². The van der Waals surface area contributed by atoms with Crippen molar-refractivity contribution in [3.63, 3.8) is 0 Å². The van der Waals surface area contributed by atoms with E-state index in [0.717, 1.165) is 24.5 Å². The van der Waals surface area contributed by atoms with Gasteiger partial charge < -0.3 is 15.0 Å². The van der Waals surface area contributed by atoms with Crippen molar-refractivity contribution in [3.05, 3.63) is 59.3 Å². The Bertz CT molecular complexity index is 803. The first-order valence-corrected chi connectivity index (χ1v) is 8.69. The fourth-order valence-electron chi connectivity index (χ4n) is 3.09. The number of carbonyl (C=O) groups is 1. The number of pyridine rings is 1. The molecular formula is C20H22N4O2. The number of amides is 1. The smallest absolute Gasteiger partial charge is 0.251 e. The van der Waals surface area contributed by atoms with Crippen molar-refractivity contribution in [1.29, 1.82) is 5.26 Å². The van der Waals surface area contributed by atoms with Crippen LogP contribution in [-0.2, 0) is 11.3 Å². The third-order valence-electron chi connectivity index (χ3n) is 4.26. The highest BCUT2D eigenvalue weighted by Crippen LogP contribution is 2.18. The van der Waals surface area contributed by atoms with Crippen LogP contribution in [0.2, 0.25) is 0 Å². The summed E-state index contributed by atoms with van der Waals surface area (Å²) in [5.41, 5.74) is 1.87. The molecular weight excluding hydrogens is 328 g/mol. The van der Waals surface area contributed by atoms with Crippen LogP contribution >= 0.6 is 0 Å². The zero-order valence-corrected chi connectivity index (χ0v) is 15.0. The number of carbonyl (C=O) groups excluding carboxylic acids is 1. The van der Waals surface area contributed by atoms with Crippen LogP contribution in [0.3, 0.4) is 0 Å². The van der Waals surface area contributed by atoms with Crippen molar-refractivity contribution in [2.75, 3.05) is 18.0 Å². The van der Waals surface area contributed by atoms with Crippen molar-refractivity contribution in [1.82, 2.24) is 10.3 Å². The summed E-state index contributed by atoms with van der Waals surface area (Å²) in [6.45, 7) is 6.16. The average molecular weight is 350 g/mol. The van der Waals surface area contributed by atoms with Gasteiger partial charge in [0.1, 0.15) is 5.82 Å². The van der Waals surface area contributed by atoms with Crippen LogP contribution in [0.5, 0.6) is 0 Å². The minimum absolute atomic E-state index is 0.184. The number of anilines is 1. The first-order chi connectivity index (χ1) is 12.5. The lowest BCUT2D eigenvalue weighted by Crippen LogP contribution is -2.45. The van der Waals surface area contributed by atoms with Gasteiger partial charge in [0.25, 0.3) is 5.91 Å². The third kappa shape index (κ3) is 4.38. The van der Waals surface area contributed by atoms with Crippen molar-refractivity contribution in [2.24, 2.45) is 0 Å². The van der Waals surface area contributed by atoms with Gasteiger partial charge in [0.15, 0.2) is 0 Å². The first kappa shape index (κ1) is 17.9. The molecule has 1 aromatic carbocycles. The Labute approximate surface area is 153 Å². The van der Waals surface area contributed by atoms with Gasteiger partial charge in [0, 0.05) is 31.4 Å². The van der Waals surface area contributed by atoms with E-state index in [-0.39, 0.29) is 18.1 Å². The second kappa shape index (κ2) is 7.98. The molecule has 0 spiro atoms. The number of nitriles is 1. The number of hydrogen-bond donors (Lipinski definition) is 1. The van der Waals surface area contributed by atoms with Gasteiger partial charge in [-0.15, -0.1) is 0 Å². The fraction of sp³-hybridized carbons (Fsp3) is 0.350. The predicted octanol–water partition coefficient (Wildman–Crippen LogP) is 2.50. The van der Waals surface area contributed by atoms with E-state index in [1.807, 2.05) is 18.2 Å². The fourth-order valence-corrected chi connectivity index (χ4v) is 3.09. The summed E-state index contributed by atoms with van der Waals surface area (Å²) < 4.78 is 5.75. The van der Waals surface area contributed by atoms with E-state index >= 15 is 0 Å². The molecule has 1 fully saturated rings. The molecule has 6 nitrogen and oxygen atoms in total. The van der Waals surface area contributed by atoms with Crippen LogP contribution in [0, 0.1) is 11.3 Å². The van der Waals surface area contributed by atoms with Crippen LogP contribution in [0.4, 0.5) is 5.82 Å². The van der Waals surface area contributed by atoms with E-state index in [9.17, 15) is 4.79 Å². The number of benzene rings is 1. The van der Waals surface area contributed by atoms with E-state index < -0.39 is 0 Å². The predicted molar refractivity (Wildman–Crippen MR) is 98.8 cm³/mol. The van der Waals surface area contributed by atoms with Gasteiger partial charge in [-0.3, -0.25) is 4.79 Å². The molecule has 2 aromatic rings. The maximum atomic E-state index is 12.2. The second-order valence-electron chi connectivity index (χ2n) is 6.56. The van der Waals surface area contributed by atoms with Crippen LogP contribution < -0.4 is 10.2 Å². The van der Waals surface area contributed by atoms with E-state index in [2.05, 4.69) is 29.0 Å². The number of morpholine rings is 1. The number of nitrogens with one attached hydrogen (secondary N) is 1. The Hall–Kier alpha value is -2.91. The number of ether oxygens (including phenoxy) is 1. The standard InChI is InChI=1S/C20H22N4O2/c1-14-12-24(13-15(2)26-14)19-7-6-17(10-22-19)11-23-20(25)18-5-3-4-16(8-18)9-21/h3-8,10,14-15H,11-13H2,1-2H3,(H,23,25). The van der Waals surface area contributed by atoms with Crippen molar-refractivity contribution >= 4 is 11.7 Å². The highest BCUT2D eigenvalue weighted by atomic mass is 16.5. The number of rotatable bonds is 4. The maximum Gasteiger partial charge on any atom is 0.251 e. The molecule has 1 amide bonds. The quantitative estimate of drug-likeness (QED) is 0.917. The molecule has 2 unspecified atom stereocenters. The van der Waals surface area contributed by atoms with Crippen LogP contribution in [0.15, 0.2) is 42.6 Å². The topological polar surface area (TPSA) is 78.3 Å². The molecule has 1 aliphatic rings. The van der Waals surface area contributed by atoms with Gasteiger partial charge in [-0.05, 0) is 43.7 Å². The number of hydrogen-bond acceptors (Lipinski definition) is 5. The summed E-state index contributed by atoms with van der Waals surface area (Å²) in [7, 11) is 0. The molecule has 1 saturated heterocycles. The lowest BCUT2D eigenvalue weighted by atomic mass is 10.1. The molecule has 26 heavy (non-hydrogen) atoms.